The quantitative estimate of drug-likeness (QED) is 0.744. The summed E-state index contributed by atoms with van der Waals surface area (Å²) >= 11 is 0. The van der Waals surface area contributed by atoms with Crippen molar-refractivity contribution in [2.75, 3.05) is 6.61 Å². The lowest BCUT2D eigenvalue weighted by Gasteiger charge is -2.07. The maximum atomic E-state index is 11.7. The van der Waals surface area contributed by atoms with Crippen LogP contribution in [0.1, 0.15) is 25.1 Å². The second-order valence-corrected chi connectivity index (χ2v) is 4.01. The molecule has 0 radical (unpaired) electrons. The van der Waals surface area contributed by atoms with E-state index in [0.717, 1.165) is 25.3 Å². The third kappa shape index (κ3) is 2.65. The molecule has 0 amide bonds. The molecule has 4 nitrogen and oxygen atoms in total. The number of ketones is 1. The van der Waals surface area contributed by atoms with Crippen molar-refractivity contribution in [3.8, 4) is 0 Å². The Kier molecular flexibility index (Phi) is 3.16. The molecule has 1 aromatic heterocycles. The van der Waals surface area contributed by atoms with Gasteiger partial charge in [0.05, 0.1) is 12.5 Å². The van der Waals surface area contributed by atoms with Crippen LogP contribution in [0.15, 0.2) is 12.4 Å². The first-order valence-electron chi connectivity index (χ1n) is 5.35. The van der Waals surface area contributed by atoms with Crippen LogP contribution in [0.3, 0.4) is 0 Å². The summed E-state index contributed by atoms with van der Waals surface area (Å²) in [5, 5.41) is 0. The van der Waals surface area contributed by atoms with Crippen LogP contribution in [0.25, 0.3) is 0 Å². The number of carbonyl (C=O) groups excluding carboxylic acids is 1. The van der Waals surface area contributed by atoms with Crippen LogP contribution in [0.2, 0.25) is 0 Å². The first-order valence-corrected chi connectivity index (χ1v) is 5.35. The summed E-state index contributed by atoms with van der Waals surface area (Å²) in [5.74, 6) is 1.05. The highest BCUT2D eigenvalue weighted by molar-refractivity contribution is 5.80. The van der Waals surface area contributed by atoms with Gasteiger partial charge in [0.2, 0.25) is 0 Å². The summed E-state index contributed by atoms with van der Waals surface area (Å²) in [6, 6.07) is 0. The minimum atomic E-state index is 0.151. The van der Waals surface area contributed by atoms with Crippen molar-refractivity contribution in [2.45, 2.75) is 31.8 Å². The van der Waals surface area contributed by atoms with Crippen molar-refractivity contribution in [3.05, 3.63) is 18.2 Å². The predicted molar refractivity (Wildman–Crippen MR) is 55.5 cm³/mol. The molecular weight excluding hydrogens is 192 g/mol. The van der Waals surface area contributed by atoms with Gasteiger partial charge in [0.15, 0.2) is 0 Å². The average Bonchev–Trinajstić information content (AvgIpc) is 2.79. The molecule has 2 heterocycles. The zero-order valence-corrected chi connectivity index (χ0v) is 8.98. The zero-order valence-electron chi connectivity index (χ0n) is 8.98. The van der Waals surface area contributed by atoms with E-state index >= 15 is 0 Å². The third-order valence-electron chi connectivity index (χ3n) is 2.76. The van der Waals surface area contributed by atoms with Crippen LogP contribution in [-0.2, 0) is 23.0 Å². The molecule has 0 aliphatic carbocycles. The van der Waals surface area contributed by atoms with Crippen LogP contribution in [0, 0.1) is 0 Å². The Bertz CT molecular complexity index is 340. The van der Waals surface area contributed by atoms with Crippen molar-refractivity contribution >= 4 is 5.78 Å². The van der Waals surface area contributed by atoms with E-state index in [1.54, 1.807) is 6.20 Å². The standard InChI is InChI=1S/C11H16N2O2/c1-13-5-4-12-11(13)8-9(14)7-10-3-2-6-15-10/h4-5,10H,2-3,6-8H2,1H3. The Balaban J connectivity index is 1.84. The highest BCUT2D eigenvalue weighted by atomic mass is 16.5. The SMILES string of the molecule is Cn1ccnc1CC(=O)CC1CCCO1. The number of aromatic nitrogens is 2. The fourth-order valence-electron chi connectivity index (χ4n) is 1.87. The summed E-state index contributed by atoms with van der Waals surface area (Å²) in [6.45, 7) is 0.806. The molecule has 4 heteroatoms. The number of carbonyl (C=O) groups is 1. The molecule has 1 unspecified atom stereocenters. The fraction of sp³-hybridized carbons (Fsp3) is 0.636. The molecule has 0 saturated carbocycles. The molecule has 0 aromatic carbocycles. The highest BCUT2D eigenvalue weighted by Crippen LogP contribution is 2.16. The minimum absolute atomic E-state index is 0.151. The summed E-state index contributed by atoms with van der Waals surface area (Å²) in [6.07, 6.45) is 6.78. The van der Waals surface area contributed by atoms with Gasteiger partial charge in [0, 0.05) is 32.5 Å². The largest absolute Gasteiger partial charge is 0.378 e. The van der Waals surface area contributed by atoms with Gasteiger partial charge in [0.25, 0.3) is 0 Å². The van der Waals surface area contributed by atoms with E-state index < -0.39 is 0 Å². The molecule has 1 aromatic rings. The van der Waals surface area contributed by atoms with E-state index in [-0.39, 0.29) is 11.9 Å². The first kappa shape index (κ1) is 10.4. The topological polar surface area (TPSA) is 44.1 Å². The Morgan fingerprint density at radius 3 is 3.20 bits per heavy atom. The van der Waals surface area contributed by atoms with E-state index in [2.05, 4.69) is 4.98 Å². The Morgan fingerprint density at radius 1 is 1.73 bits per heavy atom. The summed E-state index contributed by atoms with van der Waals surface area (Å²) in [4.78, 5) is 15.8. The predicted octanol–water partition coefficient (Wildman–Crippen LogP) is 1.10. The lowest BCUT2D eigenvalue weighted by Crippen LogP contribution is -2.15. The molecule has 1 atom stereocenters. The van der Waals surface area contributed by atoms with Gasteiger partial charge in [-0.3, -0.25) is 4.79 Å². The van der Waals surface area contributed by atoms with Crippen molar-refractivity contribution < 1.29 is 9.53 Å². The monoisotopic (exact) mass is 208 g/mol. The van der Waals surface area contributed by atoms with Crippen LogP contribution in [0.5, 0.6) is 0 Å². The van der Waals surface area contributed by atoms with E-state index in [4.69, 9.17) is 4.74 Å². The molecule has 0 N–H and O–H groups in total. The smallest absolute Gasteiger partial charge is 0.142 e. The Hall–Kier alpha value is -1.16. The van der Waals surface area contributed by atoms with Crippen LogP contribution >= 0.6 is 0 Å². The number of hydrogen-bond donors (Lipinski definition) is 0. The number of imidazole rings is 1. The summed E-state index contributed by atoms with van der Waals surface area (Å²) in [7, 11) is 1.90. The molecule has 82 valence electrons. The highest BCUT2D eigenvalue weighted by Gasteiger charge is 2.19. The van der Waals surface area contributed by atoms with Crippen molar-refractivity contribution in [1.82, 2.24) is 9.55 Å². The van der Waals surface area contributed by atoms with Gasteiger partial charge >= 0.3 is 0 Å². The number of aryl methyl sites for hydroxylation is 1. The average molecular weight is 208 g/mol. The van der Waals surface area contributed by atoms with Crippen LogP contribution in [-0.4, -0.2) is 28.0 Å². The lowest BCUT2D eigenvalue weighted by molar-refractivity contribution is -0.120. The number of rotatable bonds is 4. The minimum Gasteiger partial charge on any atom is -0.378 e. The van der Waals surface area contributed by atoms with Crippen molar-refractivity contribution in [3.63, 3.8) is 0 Å². The molecule has 1 aliphatic rings. The molecule has 15 heavy (non-hydrogen) atoms. The molecule has 0 bridgehead atoms. The third-order valence-corrected chi connectivity index (χ3v) is 2.76. The second kappa shape index (κ2) is 4.57. The van der Waals surface area contributed by atoms with Gasteiger partial charge in [-0.1, -0.05) is 0 Å². The Morgan fingerprint density at radius 2 is 2.60 bits per heavy atom. The molecule has 0 spiro atoms. The van der Waals surface area contributed by atoms with Crippen molar-refractivity contribution in [1.29, 1.82) is 0 Å². The van der Waals surface area contributed by atoms with Gasteiger partial charge in [-0.2, -0.15) is 0 Å². The first-order chi connectivity index (χ1) is 7.25. The van der Waals surface area contributed by atoms with Gasteiger partial charge in [-0.15, -0.1) is 0 Å². The lowest BCUT2D eigenvalue weighted by atomic mass is 10.1. The van der Waals surface area contributed by atoms with Crippen LogP contribution in [0.4, 0.5) is 0 Å². The summed E-state index contributed by atoms with van der Waals surface area (Å²) in [5.41, 5.74) is 0. The normalized spacial score (nSPS) is 20.7. The van der Waals surface area contributed by atoms with E-state index in [1.807, 2.05) is 17.8 Å². The fourth-order valence-corrected chi connectivity index (χ4v) is 1.87. The van der Waals surface area contributed by atoms with E-state index in [1.165, 1.54) is 0 Å². The molecular formula is C11H16N2O2. The van der Waals surface area contributed by atoms with Crippen molar-refractivity contribution in [2.24, 2.45) is 7.05 Å². The molecule has 1 saturated heterocycles. The number of nitrogens with zero attached hydrogens (tertiary/aromatic N) is 2. The van der Waals surface area contributed by atoms with Gasteiger partial charge in [-0.25, -0.2) is 4.98 Å². The van der Waals surface area contributed by atoms with E-state index in [9.17, 15) is 4.79 Å². The molecule has 1 aliphatic heterocycles. The number of Topliss-reactive ketones (excluding diaryl/α,β-unsaturated/α-hetero) is 1. The number of hydrogen-bond acceptors (Lipinski definition) is 3. The van der Waals surface area contributed by atoms with Crippen LogP contribution < -0.4 is 0 Å². The molecule has 1 fully saturated rings. The Labute approximate surface area is 89.3 Å². The maximum Gasteiger partial charge on any atom is 0.142 e. The van der Waals surface area contributed by atoms with Gasteiger partial charge < -0.3 is 9.30 Å². The molecule has 2 rings (SSSR count). The summed E-state index contributed by atoms with van der Waals surface area (Å²) < 4.78 is 7.31. The number of ether oxygens (including phenoxy) is 1. The zero-order chi connectivity index (χ0) is 10.7. The van der Waals surface area contributed by atoms with Gasteiger partial charge in [-0.05, 0) is 12.8 Å². The van der Waals surface area contributed by atoms with Gasteiger partial charge in [0.1, 0.15) is 11.6 Å². The van der Waals surface area contributed by atoms with E-state index in [0.29, 0.717) is 12.8 Å². The maximum absolute atomic E-state index is 11.7. The second-order valence-electron chi connectivity index (χ2n) is 4.01.